The summed E-state index contributed by atoms with van der Waals surface area (Å²) in [5.74, 6) is -0.346. The van der Waals surface area contributed by atoms with Crippen LogP contribution in [0.1, 0.15) is 15.9 Å². The van der Waals surface area contributed by atoms with Crippen molar-refractivity contribution >= 4 is 23.6 Å². The van der Waals surface area contributed by atoms with E-state index in [-0.39, 0.29) is 11.3 Å². The van der Waals surface area contributed by atoms with Gasteiger partial charge in [-0.3, -0.25) is 9.59 Å². The summed E-state index contributed by atoms with van der Waals surface area (Å²) in [6, 6.07) is 12.3. The Morgan fingerprint density at radius 2 is 1.67 bits per heavy atom. The van der Waals surface area contributed by atoms with Gasteiger partial charge >= 0.3 is 0 Å². The number of amides is 2. The SMILES string of the molecule is COc1cc(NC(=O)/C=C/c2ccccc2)c(C(N)=O)cc1OC. The summed E-state index contributed by atoms with van der Waals surface area (Å²) >= 11 is 0. The number of primary amides is 1. The number of methoxy groups -OCH3 is 2. The van der Waals surface area contributed by atoms with Gasteiger partial charge in [0.25, 0.3) is 5.91 Å². The Hall–Kier alpha value is -3.28. The molecule has 2 rings (SSSR count). The van der Waals surface area contributed by atoms with E-state index in [1.165, 1.54) is 32.4 Å². The van der Waals surface area contributed by atoms with Crippen molar-refractivity contribution in [3.63, 3.8) is 0 Å². The third-order valence-corrected chi connectivity index (χ3v) is 3.27. The van der Waals surface area contributed by atoms with Crippen molar-refractivity contribution in [3.05, 3.63) is 59.7 Å². The van der Waals surface area contributed by atoms with Crippen molar-refractivity contribution in [2.45, 2.75) is 0 Å². The van der Waals surface area contributed by atoms with E-state index in [1.54, 1.807) is 6.08 Å². The second-order valence-corrected chi connectivity index (χ2v) is 4.85. The zero-order chi connectivity index (χ0) is 17.5. The Labute approximate surface area is 139 Å². The van der Waals surface area contributed by atoms with Crippen LogP contribution < -0.4 is 20.5 Å². The molecule has 124 valence electrons. The monoisotopic (exact) mass is 326 g/mol. The van der Waals surface area contributed by atoms with E-state index < -0.39 is 11.8 Å². The van der Waals surface area contributed by atoms with E-state index in [2.05, 4.69) is 5.32 Å². The fraction of sp³-hybridized carbons (Fsp3) is 0.111. The molecule has 0 radical (unpaired) electrons. The number of ether oxygens (including phenoxy) is 2. The lowest BCUT2D eigenvalue weighted by Gasteiger charge is -2.13. The first-order valence-corrected chi connectivity index (χ1v) is 7.15. The van der Waals surface area contributed by atoms with E-state index in [0.717, 1.165) is 5.56 Å². The van der Waals surface area contributed by atoms with Gasteiger partial charge in [0.05, 0.1) is 25.5 Å². The van der Waals surface area contributed by atoms with Crippen LogP contribution in [0, 0.1) is 0 Å². The summed E-state index contributed by atoms with van der Waals surface area (Å²) in [5, 5.41) is 2.63. The molecule has 0 saturated carbocycles. The summed E-state index contributed by atoms with van der Waals surface area (Å²) in [7, 11) is 2.91. The molecule has 6 heteroatoms. The van der Waals surface area contributed by atoms with Gasteiger partial charge in [0.1, 0.15) is 0 Å². The quantitative estimate of drug-likeness (QED) is 0.798. The number of benzene rings is 2. The van der Waals surface area contributed by atoms with E-state index in [4.69, 9.17) is 15.2 Å². The molecule has 0 atom stereocenters. The molecule has 0 aliphatic rings. The summed E-state index contributed by atoms with van der Waals surface area (Å²) in [5.41, 5.74) is 6.64. The zero-order valence-corrected chi connectivity index (χ0v) is 13.4. The molecule has 24 heavy (non-hydrogen) atoms. The molecule has 0 saturated heterocycles. The van der Waals surface area contributed by atoms with Crippen molar-refractivity contribution in [3.8, 4) is 11.5 Å². The van der Waals surface area contributed by atoms with Crippen LogP contribution in [0.25, 0.3) is 6.08 Å². The molecule has 2 aromatic carbocycles. The zero-order valence-electron chi connectivity index (χ0n) is 13.4. The smallest absolute Gasteiger partial charge is 0.250 e. The number of hydrogen-bond acceptors (Lipinski definition) is 4. The van der Waals surface area contributed by atoms with E-state index in [0.29, 0.717) is 11.5 Å². The molecule has 0 spiro atoms. The first kappa shape index (κ1) is 17.1. The minimum Gasteiger partial charge on any atom is -0.493 e. The van der Waals surface area contributed by atoms with Crippen molar-refractivity contribution in [2.75, 3.05) is 19.5 Å². The summed E-state index contributed by atoms with van der Waals surface area (Å²) in [6.07, 6.45) is 3.04. The Kier molecular flexibility index (Phi) is 5.57. The predicted molar refractivity (Wildman–Crippen MR) is 92.2 cm³/mol. The van der Waals surface area contributed by atoms with Crippen LogP contribution in [-0.2, 0) is 4.79 Å². The molecule has 2 aromatic rings. The van der Waals surface area contributed by atoms with Gasteiger partial charge < -0.3 is 20.5 Å². The maximum Gasteiger partial charge on any atom is 0.250 e. The van der Waals surface area contributed by atoms with Crippen LogP contribution in [-0.4, -0.2) is 26.0 Å². The lowest BCUT2D eigenvalue weighted by molar-refractivity contribution is -0.111. The molecule has 0 heterocycles. The third-order valence-electron chi connectivity index (χ3n) is 3.27. The first-order valence-electron chi connectivity index (χ1n) is 7.15. The van der Waals surface area contributed by atoms with Crippen molar-refractivity contribution < 1.29 is 19.1 Å². The fourth-order valence-corrected chi connectivity index (χ4v) is 2.10. The van der Waals surface area contributed by atoms with Gasteiger partial charge in [-0.25, -0.2) is 0 Å². The fourth-order valence-electron chi connectivity index (χ4n) is 2.10. The molecule has 0 fully saturated rings. The van der Waals surface area contributed by atoms with E-state index in [9.17, 15) is 9.59 Å². The Morgan fingerprint density at radius 1 is 1.04 bits per heavy atom. The maximum absolute atomic E-state index is 12.1. The van der Waals surface area contributed by atoms with Crippen molar-refractivity contribution in [2.24, 2.45) is 5.73 Å². The van der Waals surface area contributed by atoms with Crippen LogP contribution in [0.3, 0.4) is 0 Å². The van der Waals surface area contributed by atoms with Crippen molar-refractivity contribution in [1.29, 1.82) is 0 Å². The van der Waals surface area contributed by atoms with Gasteiger partial charge in [-0.2, -0.15) is 0 Å². The highest BCUT2D eigenvalue weighted by Crippen LogP contribution is 2.33. The lowest BCUT2D eigenvalue weighted by atomic mass is 10.1. The lowest BCUT2D eigenvalue weighted by Crippen LogP contribution is -2.17. The first-order chi connectivity index (χ1) is 11.5. The van der Waals surface area contributed by atoms with E-state index >= 15 is 0 Å². The van der Waals surface area contributed by atoms with Crippen LogP contribution in [0.4, 0.5) is 5.69 Å². The number of hydrogen-bond donors (Lipinski definition) is 2. The van der Waals surface area contributed by atoms with Crippen LogP contribution >= 0.6 is 0 Å². The molecule has 2 amide bonds. The molecular formula is C18H18N2O4. The highest BCUT2D eigenvalue weighted by Gasteiger charge is 2.16. The van der Waals surface area contributed by atoms with Gasteiger partial charge in [-0.05, 0) is 17.7 Å². The van der Waals surface area contributed by atoms with E-state index in [1.807, 2.05) is 30.3 Å². The second kappa shape index (κ2) is 7.82. The van der Waals surface area contributed by atoms with Gasteiger partial charge in [0.15, 0.2) is 11.5 Å². The number of nitrogens with one attached hydrogen (secondary N) is 1. The molecule has 0 bridgehead atoms. The molecular weight excluding hydrogens is 308 g/mol. The average Bonchev–Trinajstić information content (AvgIpc) is 2.60. The largest absolute Gasteiger partial charge is 0.493 e. The summed E-state index contributed by atoms with van der Waals surface area (Å²) in [4.78, 5) is 23.7. The normalized spacial score (nSPS) is 10.4. The number of carbonyl (C=O) groups is 2. The second-order valence-electron chi connectivity index (χ2n) is 4.85. The Morgan fingerprint density at radius 3 is 2.25 bits per heavy atom. The minimum absolute atomic E-state index is 0.133. The predicted octanol–water partition coefficient (Wildman–Crippen LogP) is 2.45. The molecule has 0 unspecified atom stereocenters. The van der Waals surface area contributed by atoms with Crippen LogP contribution in [0.5, 0.6) is 11.5 Å². The number of carbonyl (C=O) groups excluding carboxylic acids is 2. The Balaban J connectivity index is 2.26. The topological polar surface area (TPSA) is 90.6 Å². The van der Waals surface area contributed by atoms with Gasteiger partial charge in [0.2, 0.25) is 5.91 Å². The van der Waals surface area contributed by atoms with Gasteiger partial charge in [-0.1, -0.05) is 30.3 Å². The molecule has 0 aromatic heterocycles. The Bertz CT molecular complexity index is 770. The van der Waals surface area contributed by atoms with Crippen LogP contribution in [0.15, 0.2) is 48.5 Å². The highest BCUT2D eigenvalue weighted by atomic mass is 16.5. The van der Waals surface area contributed by atoms with Crippen molar-refractivity contribution in [1.82, 2.24) is 0 Å². The van der Waals surface area contributed by atoms with Crippen LogP contribution in [0.2, 0.25) is 0 Å². The average molecular weight is 326 g/mol. The molecule has 0 aliphatic heterocycles. The van der Waals surface area contributed by atoms with Gasteiger partial charge in [-0.15, -0.1) is 0 Å². The molecule has 0 aliphatic carbocycles. The molecule has 3 N–H and O–H groups in total. The van der Waals surface area contributed by atoms with Gasteiger partial charge in [0, 0.05) is 12.1 Å². The number of anilines is 1. The third kappa shape index (κ3) is 4.13. The highest BCUT2D eigenvalue weighted by molar-refractivity contribution is 6.07. The number of nitrogens with two attached hydrogens (primary N) is 1. The standard InChI is InChI=1S/C18H18N2O4/c1-23-15-10-13(18(19)22)14(11-16(15)24-2)20-17(21)9-8-12-6-4-3-5-7-12/h3-11H,1-2H3,(H2,19,22)(H,20,21)/b9-8+. The maximum atomic E-state index is 12.1. The summed E-state index contributed by atoms with van der Waals surface area (Å²) in [6.45, 7) is 0. The summed E-state index contributed by atoms with van der Waals surface area (Å²) < 4.78 is 10.3. The minimum atomic E-state index is -0.682. The number of rotatable bonds is 6. The molecule has 6 nitrogen and oxygen atoms in total.